The van der Waals surface area contributed by atoms with Crippen LogP contribution in [0, 0.1) is 23.7 Å². The number of aliphatic hydroxyl groups excluding tert-OH is 9. The third-order valence-corrected chi connectivity index (χ3v) is 18.0. The predicted octanol–water partition coefficient (Wildman–Crippen LogP) is 7.08. The Morgan fingerprint density at radius 1 is 0.465 bits per heavy atom. The molecule has 18 atom stereocenters. The number of cyclic esters (lactones) is 1. The quantitative estimate of drug-likeness (QED) is 0.0541. The molecule has 6 heterocycles. The Morgan fingerprint density at radius 2 is 1.05 bits per heavy atom. The molecule has 99 heavy (non-hydrogen) atoms. The lowest BCUT2D eigenvalue weighted by atomic mass is 9.59. The molecule has 7 unspecified atom stereocenters. The first-order chi connectivity index (χ1) is 47.0. The third-order valence-electron chi connectivity index (χ3n) is 18.0. The smallest absolute Gasteiger partial charge is 0.339 e. The van der Waals surface area contributed by atoms with Crippen molar-refractivity contribution in [2.75, 3.05) is 6.61 Å². The molecule has 4 aromatic rings. The third kappa shape index (κ3) is 13.1. The van der Waals surface area contributed by atoms with E-state index in [1.54, 1.807) is 0 Å². The van der Waals surface area contributed by atoms with E-state index in [0.717, 1.165) is 18.2 Å². The van der Waals surface area contributed by atoms with Crippen molar-refractivity contribution in [1.29, 1.82) is 0 Å². The number of rotatable bonds is 2. The number of ether oxygens (including phenoxy) is 6. The van der Waals surface area contributed by atoms with Crippen molar-refractivity contribution < 1.29 is 149 Å². The van der Waals surface area contributed by atoms with Crippen molar-refractivity contribution in [2.45, 2.75) is 188 Å². The number of hydrogen-bond donors (Lipinski definition) is 19. The molecule has 544 valence electrons. The zero-order chi connectivity index (χ0) is 74.7. The summed E-state index contributed by atoms with van der Waals surface area (Å²) in [4.78, 5) is 76.6. The Kier molecular flexibility index (Phi) is 24.8. The lowest BCUT2D eigenvalue weighted by Crippen LogP contribution is -2.62. The minimum Gasteiger partial charge on any atom is -0.508 e. The summed E-state index contributed by atoms with van der Waals surface area (Å²) in [5, 5.41) is 219. The summed E-state index contributed by atoms with van der Waals surface area (Å²) in [6.45, 7) is 23.7. The minimum atomic E-state index is -2.86. The molecule has 3 aliphatic carbocycles. The van der Waals surface area contributed by atoms with Gasteiger partial charge in [0.15, 0.2) is 64.3 Å². The Bertz CT molecular complexity index is 3810. The second-order valence-corrected chi connectivity index (χ2v) is 22.6. The standard InChI is InChI=1S/C57H52O30.6C2H6/c1-11-13-5-17(37(66)36(11)65)55(79)83-25-10-82-53(77)15-7-22(62)38(67)40(69)27(15)28-16(8-23(63)39(68)41(28)70)54(78)85-50(25)52-51-33(29-21(61)9-19(59)14-6-24(64)48(84-49(14)29)12-2-3-18(58)20(60)4-12)32-35(57(81)86-51)31(44(73)47(76)45(32)74)30-34(56(80)87-52)26(13)42(71)46(75)43(30)72;6*1-2/h2-5,8-9,11,13,15,22,24-25,27,31-33,35-37,45,48,50-52,58-76H,6-7,10H2,1H3;6*1-2H3/t11?,13-,15?,22-,24+,25?,27-,31+,32-,33+,35?,36-,37+,45-,48-,50?,51?,52?;;;;;;/m1....../s1. The number of aromatic hydroxyl groups is 10. The summed E-state index contributed by atoms with van der Waals surface area (Å²) in [5.41, 5.74) is -7.58. The van der Waals surface area contributed by atoms with Crippen LogP contribution in [-0.4, -0.2) is 188 Å². The van der Waals surface area contributed by atoms with Gasteiger partial charge >= 0.3 is 29.8 Å². The SMILES string of the molecule is CC.CC.CC.CC.CC.CC.CC1[C@@H](O)[C@@H](O)C2=C[C@H]1c1c(O)c(O)c(O)c3c1C(=O)OC(C1OC(=O)c4cc(O)c(O)c(O)c4[C@@H]4C(O)=C(O)[C@H](O)CC4C(=O)OCC1OC2=O)C1OC(=O)C2[C@@H]([C@@H]1c1c(O)cc(O)c4c1O[C@H](c1ccc(O)c(O)c1)[C@@H](O)C4)[C@@H](O)C(O)=C(O)[C@@H]32. The number of hydrogen-bond acceptors (Lipinski definition) is 30. The van der Waals surface area contributed by atoms with Gasteiger partial charge in [0.2, 0.25) is 11.5 Å². The maximum atomic E-state index is 16.0. The van der Waals surface area contributed by atoms with Gasteiger partial charge in [-0.15, -0.1) is 0 Å². The van der Waals surface area contributed by atoms with E-state index < -0.39 is 283 Å². The van der Waals surface area contributed by atoms with E-state index in [1.807, 2.05) is 83.1 Å². The molecule has 4 aromatic carbocycles. The average molecular weight is 1400 g/mol. The van der Waals surface area contributed by atoms with Crippen molar-refractivity contribution >= 4 is 29.8 Å². The average Bonchev–Trinajstić information content (AvgIpc) is 0.804. The molecular formula is C69H88O30. The summed E-state index contributed by atoms with van der Waals surface area (Å²) >= 11 is 0. The van der Waals surface area contributed by atoms with Crippen LogP contribution in [0.3, 0.4) is 0 Å². The molecule has 0 amide bonds. The van der Waals surface area contributed by atoms with E-state index in [4.69, 9.17) is 28.4 Å². The lowest BCUT2D eigenvalue weighted by Gasteiger charge is -2.52. The highest BCUT2D eigenvalue weighted by Crippen LogP contribution is 2.63. The second-order valence-electron chi connectivity index (χ2n) is 22.6. The summed E-state index contributed by atoms with van der Waals surface area (Å²) in [5.74, 6) is -43.8. The number of carbonyl (C=O) groups is 5. The van der Waals surface area contributed by atoms with Crippen LogP contribution in [0.2, 0.25) is 0 Å². The zero-order valence-corrected chi connectivity index (χ0v) is 56.5. The van der Waals surface area contributed by atoms with Crippen molar-refractivity contribution in [2.24, 2.45) is 23.7 Å². The molecule has 0 spiro atoms. The Balaban J connectivity index is 0.00000122. The number of allylic oxidation sites excluding steroid dienone is 3. The molecule has 6 aliphatic heterocycles. The van der Waals surface area contributed by atoms with Gasteiger partial charge < -0.3 is 125 Å². The number of benzene rings is 4. The van der Waals surface area contributed by atoms with Gasteiger partial charge in [-0.3, -0.25) is 9.59 Å². The lowest BCUT2D eigenvalue weighted by molar-refractivity contribution is -0.205. The van der Waals surface area contributed by atoms with Crippen LogP contribution >= 0.6 is 0 Å². The molecule has 1 fully saturated rings. The van der Waals surface area contributed by atoms with Crippen molar-refractivity contribution in [3.8, 4) is 63.2 Å². The molecule has 13 rings (SSSR count). The number of aliphatic hydroxyl groups is 9. The molecule has 9 aliphatic rings. The van der Waals surface area contributed by atoms with Gasteiger partial charge in [-0.1, -0.05) is 102 Å². The Morgan fingerprint density at radius 3 is 1.67 bits per heavy atom. The molecule has 19 N–H and O–H groups in total. The second kappa shape index (κ2) is 31.4. The number of phenols is 10. The van der Waals surface area contributed by atoms with Crippen molar-refractivity contribution in [1.82, 2.24) is 0 Å². The summed E-state index contributed by atoms with van der Waals surface area (Å²) in [6, 6.07) is 4.22. The van der Waals surface area contributed by atoms with Crippen molar-refractivity contribution in [3.63, 3.8) is 0 Å². The van der Waals surface area contributed by atoms with Crippen LogP contribution in [0.4, 0.5) is 0 Å². The van der Waals surface area contributed by atoms with E-state index in [2.05, 4.69) is 0 Å². The van der Waals surface area contributed by atoms with Gasteiger partial charge in [0.05, 0.1) is 52.6 Å². The fraction of sp³-hybridized carbons (Fsp3) is 0.493. The van der Waals surface area contributed by atoms with Crippen LogP contribution in [0.1, 0.15) is 180 Å². The van der Waals surface area contributed by atoms with Crippen LogP contribution in [-0.2, 0) is 44.5 Å². The highest BCUT2D eigenvalue weighted by Gasteiger charge is 2.65. The van der Waals surface area contributed by atoms with E-state index in [0.29, 0.717) is 12.1 Å². The van der Waals surface area contributed by atoms with Gasteiger partial charge in [0.1, 0.15) is 65.9 Å². The number of carbonyl (C=O) groups excluding carboxylic acids is 5. The first kappa shape index (κ1) is 78.2. The Hall–Kier alpha value is -9.75. The molecule has 0 aromatic heterocycles. The molecule has 30 heteroatoms. The minimum absolute atomic E-state index is 0.0898. The summed E-state index contributed by atoms with van der Waals surface area (Å²) < 4.78 is 36.7. The summed E-state index contributed by atoms with van der Waals surface area (Å²) in [7, 11) is 0. The van der Waals surface area contributed by atoms with Gasteiger partial charge in [-0.25, -0.2) is 14.4 Å². The van der Waals surface area contributed by atoms with Gasteiger partial charge in [-0.2, -0.15) is 0 Å². The summed E-state index contributed by atoms with van der Waals surface area (Å²) in [6.07, 6.45) is -24.1. The molecule has 0 saturated carbocycles. The van der Waals surface area contributed by atoms with E-state index in [-0.39, 0.29) is 11.1 Å². The molecule has 8 bridgehead atoms. The van der Waals surface area contributed by atoms with Crippen LogP contribution in [0.5, 0.6) is 63.2 Å². The normalized spacial score (nSPS) is 29.9. The monoisotopic (exact) mass is 1400 g/mol. The molecular weight excluding hydrogens is 1310 g/mol. The zero-order valence-electron chi connectivity index (χ0n) is 56.5. The molecule has 1 saturated heterocycles. The van der Waals surface area contributed by atoms with Crippen LogP contribution < -0.4 is 4.74 Å². The fourth-order valence-electron chi connectivity index (χ4n) is 13.8. The maximum absolute atomic E-state index is 16.0. The first-order valence-electron chi connectivity index (χ1n) is 32.8. The maximum Gasteiger partial charge on any atom is 0.339 e. The van der Waals surface area contributed by atoms with Crippen LogP contribution in [0.15, 0.2) is 65.0 Å². The van der Waals surface area contributed by atoms with Crippen LogP contribution in [0.25, 0.3) is 0 Å². The van der Waals surface area contributed by atoms with Gasteiger partial charge in [-0.05, 0) is 36.1 Å². The largest absolute Gasteiger partial charge is 0.508 e. The van der Waals surface area contributed by atoms with Crippen molar-refractivity contribution in [3.05, 3.63) is 110 Å². The first-order valence-corrected chi connectivity index (χ1v) is 32.8. The number of esters is 5. The fourth-order valence-corrected chi connectivity index (χ4v) is 13.8. The highest BCUT2D eigenvalue weighted by atomic mass is 16.6. The van der Waals surface area contributed by atoms with E-state index in [1.165, 1.54) is 13.0 Å². The topological polar surface area (TPSA) is 525 Å². The number of fused-ring (bicyclic) bond motifs is 8. The Labute approximate surface area is 568 Å². The van der Waals surface area contributed by atoms with Gasteiger partial charge in [0.25, 0.3) is 0 Å². The van der Waals surface area contributed by atoms with Gasteiger partial charge in [0, 0.05) is 58.1 Å². The predicted molar refractivity (Wildman–Crippen MR) is 345 cm³/mol. The highest BCUT2D eigenvalue weighted by molar-refractivity contribution is 5.99. The van der Waals surface area contributed by atoms with E-state index >= 15 is 19.2 Å². The molecule has 0 radical (unpaired) electrons. The number of phenolic OH excluding ortho intramolecular Hbond substituents is 10. The molecule has 30 nitrogen and oxygen atoms in total. The van der Waals surface area contributed by atoms with E-state index in [9.17, 15) is 102 Å².